The van der Waals surface area contributed by atoms with Crippen LogP contribution in [0.4, 0.5) is 4.39 Å². The third-order valence-corrected chi connectivity index (χ3v) is 5.33. The van der Waals surface area contributed by atoms with Gasteiger partial charge in [0.25, 0.3) is 0 Å². The second kappa shape index (κ2) is 10.7. The van der Waals surface area contributed by atoms with E-state index in [1.165, 1.54) is 12.1 Å². The summed E-state index contributed by atoms with van der Waals surface area (Å²) < 4.78 is 39.3. The number of hydrogen-bond acceptors (Lipinski definition) is 4. The molecule has 0 saturated heterocycles. The van der Waals surface area contributed by atoms with Gasteiger partial charge in [-0.1, -0.05) is 30.3 Å². The van der Waals surface area contributed by atoms with Gasteiger partial charge in [-0.2, -0.15) is 0 Å². The third-order valence-electron chi connectivity index (χ3n) is 3.61. The molecule has 2 aromatic rings. The van der Waals surface area contributed by atoms with Crippen LogP contribution in [0.2, 0.25) is 0 Å². The maximum absolute atomic E-state index is 12.9. The molecule has 7 nitrogen and oxygen atoms in total. The normalized spacial score (nSPS) is 10.9. The van der Waals surface area contributed by atoms with Crippen molar-refractivity contribution in [2.45, 2.75) is 24.3 Å². The van der Waals surface area contributed by atoms with E-state index in [0.717, 1.165) is 17.7 Å². The molecule has 4 N–H and O–H groups in total. The average molecular weight is 425 g/mol. The molecule has 0 unspecified atom stereocenters. The number of hydrogen-bond donors (Lipinski definition) is 4. The van der Waals surface area contributed by atoms with Crippen LogP contribution in [0, 0.1) is 5.82 Å². The molecule has 0 radical (unpaired) electrons. The zero-order valence-electron chi connectivity index (χ0n) is 14.9. The van der Waals surface area contributed by atoms with Crippen molar-refractivity contribution in [1.82, 2.24) is 20.9 Å². The van der Waals surface area contributed by atoms with Crippen LogP contribution >= 0.6 is 12.2 Å². The summed E-state index contributed by atoms with van der Waals surface area (Å²) in [5, 5.41) is 3.22. The van der Waals surface area contributed by atoms with Crippen molar-refractivity contribution in [1.29, 1.82) is 0 Å². The van der Waals surface area contributed by atoms with Crippen molar-refractivity contribution >= 4 is 33.3 Å². The number of rotatable bonds is 8. The summed E-state index contributed by atoms with van der Waals surface area (Å²) in [6.07, 6.45) is 0.387. The van der Waals surface area contributed by atoms with Crippen molar-refractivity contribution in [2.75, 3.05) is 6.54 Å². The van der Waals surface area contributed by atoms with Crippen LogP contribution in [-0.4, -0.2) is 26.0 Å². The Morgan fingerprint density at radius 1 is 1.00 bits per heavy atom. The Morgan fingerprint density at radius 2 is 1.68 bits per heavy atom. The lowest BCUT2D eigenvalue weighted by molar-refractivity contribution is -0.121. The number of amides is 1. The van der Waals surface area contributed by atoms with E-state index in [1.54, 1.807) is 0 Å². The summed E-state index contributed by atoms with van der Waals surface area (Å²) in [6.45, 7) is 0.595. The van der Waals surface area contributed by atoms with E-state index < -0.39 is 15.8 Å². The standard InChI is InChI=1S/C18H21FN4O3S2/c19-15-8-10-16(11-9-15)28(25,26)21-12-4-7-17(24)22-23-18(27)20-13-14-5-2-1-3-6-14/h1-3,5-6,8-11,21H,4,7,12-13H2,(H,22,24)(H2,20,23,27). The molecule has 0 aliphatic carbocycles. The molecular formula is C18H21FN4O3S2. The van der Waals surface area contributed by atoms with Gasteiger partial charge in [-0.3, -0.25) is 15.6 Å². The van der Waals surface area contributed by atoms with Gasteiger partial charge in [0.2, 0.25) is 15.9 Å². The van der Waals surface area contributed by atoms with Crippen molar-refractivity contribution in [3.8, 4) is 0 Å². The average Bonchev–Trinajstić information content (AvgIpc) is 2.69. The highest BCUT2D eigenvalue weighted by atomic mass is 32.2. The monoisotopic (exact) mass is 424 g/mol. The van der Waals surface area contributed by atoms with E-state index in [4.69, 9.17) is 12.2 Å². The minimum Gasteiger partial charge on any atom is -0.357 e. The first-order chi connectivity index (χ1) is 13.4. The molecular weight excluding hydrogens is 403 g/mol. The number of halogens is 1. The van der Waals surface area contributed by atoms with Gasteiger partial charge in [0.05, 0.1) is 4.90 Å². The SMILES string of the molecule is O=C(CCCNS(=O)(=O)c1ccc(F)cc1)NNC(=S)NCc1ccccc1. The van der Waals surface area contributed by atoms with Crippen molar-refractivity contribution < 1.29 is 17.6 Å². The second-order valence-electron chi connectivity index (χ2n) is 5.80. The minimum atomic E-state index is -3.73. The zero-order chi connectivity index (χ0) is 20.4. The summed E-state index contributed by atoms with van der Waals surface area (Å²) in [5.41, 5.74) is 6.08. The molecule has 2 aromatic carbocycles. The van der Waals surface area contributed by atoms with Crippen LogP contribution in [0.1, 0.15) is 18.4 Å². The largest absolute Gasteiger partial charge is 0.357 e. The fourth-order valence-corrected chi connectivity index (χ4v) is 3.36. The maximum atomic E-state index is 12.9. The Balaban J connectivity index is 1.62. The highest BCUT2D eigenvalue weighted by Crippen LogP contribution is 2.09. The van der Waals surface area contributed by atoms with E-state index in [9.17, 15) is 17.6 Å². The van der Waals surface area contributed by atoms with Crippen LogP contribution in [0.5, 0.6) is 0 Å². The molecule has 0 aromatic heterocycles. The number of benzene rings is 2. The van der Waals surface area contributed by atoms with Gasteiger partial charge in [0.15, 0.2) is 5.11 Å². The Labute approximate surface area is 168 Å². The molecule has 0 fully saturated rings. The smallest absolute Gasteiger partial charge is 0.240 e. The van der Waals surface area contributed by atoms with Crippen molar-refractivity contribution in [3.05, 3.63) is 66.0 Å². The number of thiocarbonyl (C=S) groups is 1. The number of hydrazine groups is 1. The number of nitrogens with one attached hydrogen (secondary N) is 4. The molecule has 0 aliphatic rings. The molecule has 0 spiro atoms. The molecule has 0 aliphatic heterocycles. The van der Waals surface area contributed by atoms with Gasteiger partial charge in [-0.05, 0) is 48.5 Å². The number of carbonyl (C=O) groups excluding carboxylic acids is 1. The first kappa shape index (κ1) is 21.7. The van der Waals surface area contributed by atoms with Crippen LogP contribution < -0.4 is 20.9 Å². The topological polar surface area (TPSA) is 99.3 Å². The van der Waals surface area contributed by atoms with Crippen molar-refractivity contribution in [3.63, 3.8) is 0 Å². The quantitative estimate of drug-likeness (QED) is 0.292. The highest BCUT2D eigenvalue weighted by molar-refractivity contribution is 7.89. The van der Waals surface area contributed by atoms with Gasteiger partial charge in [-0.25, -0.2) is 17.5 Å². The zero-order valence-corrected chi connectivity index (χ0v) is 16.6. The van der Waals surface area contributed by atoms with E-state index in [0.29, 0.717) is 6.54 Å². The Hall–Kier alpha value is -2.56. The third kappa shape index (κ3) is 7.59. The molecule has 2 rings (SSSR count). The fourth-order valence-electron chi connectivity index (χ4n) is 2.16. The molecule has 0 saturated carbocycles. The van der Waals surface area contributed by atoms with Gasteiger partial charge in [0, 0.05) is 19.5 Å². The Kier molecular flexibility index (Phi) is 8.30. The lowest BCUT2D eigenvalue weighted by atomic mass is 10.2. The Bertz CT molecular complexity index is 891. The maximum Gasteiger partial charge on any atom is 0.240 e. The predicted octanol–water partition coefficient (Wildman–Crippen LogP) is 1.58. The number of sulfonamides is 1. The first-order valence-electron chi connectivity index (χ1n) is 8.49. The predicted molar refractivity (Wildman–Crippen MR) is 108 cm³/mol. The van der Waals surface area contributed by atoms with Gasteiger partial charge in [0.1, 0.15) is 5.82 Å². The summed E-state index contributed by atoms with van der Waals surface area (Å²) in [6, 6.07) is 14.1. The van der Waals surface area contributed by atoms with Gasteiger partial charge in [-0.15, -0.1) is 0 Å². The Morgan fingerprint density at radius 3 is 2.36 bits per heavy atom. The van der Waals surface area contributed by atoms with Gasteiger partial charge >= 0.3 is 0 Å². The summed E-state index contributed by atoms with van der Waals surface area (Å²) >= 11 is 5.06. The number of carbonyl (C=O) groups is 1. The van der Waals surface area contributed by atoms with E-state index in [1.807, 2.05) is 30.3 Å². The highest BCUT2D eigenvalue weighted by Gasteiger charge is 2.13. The fraction of sp³-hybridized carbons (Fsp3) is 0.222. The molecule has 0 heterocycles. The molecule has 0 atom stereocenters. The molecule has 28 heavy (non-hydrogen) atoms. The van der Waals surface area contributed by atoms with Gasteiger partial charge < -0.3 is 5.32 Å². The van der Waals surface area contributed by atoms with E-state index >= 15 is 0 Å². The minimum absolute atomic E-state index is 0.0325. The summed E-state index contributed by atoms with van der Waals surface area (Å²) in [4.78, 5) is 11.7. The molecule has 1 amide bonds. The molecule has 150 valence electrons. The molecule has 0 bridgehead atoms. The van der Waals surface area contributed by atoms with E-state index in [-0.39, 0.29) is 35.3 Å². The van der Waals surface area contributed by atoms with Crippen molar-refractivity contribution in [2.24, 2.45) is 0 Å². The second-order valence-corrected chi connectivity index (χ2v) is 7.97. The lowest BCUT2D eigenvalue weighted by Crippen LogP contribution is -2.46. The van der Waals surface area contributed by atoms with Crippen LogP contribution in [0.25, 0.3) is 0 Å². The van der Waals surface area contributed by atoms with Crippen LogP contribution in [-0.2, 0) is 21.4 Å². The van der Waals surface area contributed by atoms with Crippen LogP contribution in [0.3, 0.4) is 0 Å². The van der Waals surface area contributed by atoms with E-state index in [2.05, 4.69) is 20.9 Å². The first-order valence-corrected chi connectivity index (χ1v) is 10.4. The summed E-state index contributed by atoms with van der Waals surface area (Å²) in [5.74, 6) is -0.843. The lowest BCUT2D eigenvalue weighted by Gasteiger charge is -2.12. The summed E-state index contributed by atoms with van der Waals surface area (Å²) in [7, 11) is -3.73. The molecule has 10 heteroatoms. The van der Waals surface area contributed by atoms with Crippen LogP contribution in [0.15, 0.2) is 59.5 Å².